The van der Waals surface area contributed by atoms with Crippen molar-refractivity contribution in [2.45, 2.75) is 39.3 Å². The van der Waals surface area contributed by atoms with E-state index in [-0.39, 0.29) is 5.54 Å². The standard InChI is InChI=1S/C14H23N5/c1-14(2,3)19-11-13(9-17-19)7-15-6-5-12-8-16-18(4)10-12/h8-11,15H,5-7H2,1-4H3. The van der Waals surface area contributed by atoms with Crippen molar-refractivity contribution in [1.29, 1.82) is 0 Å². The van der Waals surface area contributed by atoms with Gasteiger partial charge in [-0.05, 0) is 39.3 Å². The number of rotatable bonds is 5. The summed E-state index contributed by atoms with van der Waals surface area (Å²) in [4.78, 5) is 0. The predicted molar refractivity (Wildman–Crippen MR) is 75.8 cm³/mol. The van der Waals surface area contributed by atoms with E-state index < -0.39 is 0 Å². The number of aryl methyl sites for hydroxylation is 1. The molecule has 0 radical (unpaired) electrons. The van der Waals surface area contributed by atoms with E-state index in [1.165, 1.54) is 11.1 Å². The second kappa shape index (κ2) is 5.57. The molecule has 1 N–H and O–H groups in total. The van der Waals surface area contributed by atoms with E-state index in [1.807, 2.05) is 28.8 Å². The average Bonchev–Trinajstić information content (AvgIpc) is 2.93. The SMILES string of the molecule is Cn1cc(CCNCc2cnn(C(C)(C)C)c2)cn1. The molecule has 5 nitrogen and oxygen atoms in total. The third-order valence-corrected chi connectivity index (χ3v) is 3.00. The lowest BCUT2D eigenvalue weighted by Crippen LogP contribution is -2.22. The van der Waals surface area contributed by atoms with Gasteiger partial charge in [-0.25, -0.2) is 0 Å². The van der Waals surface area contributed by atoms with Crippen LogP contribution in [0.1, 0.15) is 31.9 Å². The lowest BCUT2D eigenvalue weighted by atomic mass is 10.1. The van der Waals surface area contributed by atoms with Crippen molar-refractivity contribution in [1.82, 2.24) is 24.9 Å². The fraction of sp³-hybridized carbons (Fsp3) is 0.571. The molecule has 2 aromatic heterocycles. The van der Waals surface area contributed by atoms with Crippen LogP contribution in [0.25, 0.3) is 0 Å². The Labute approximate surface area is 114 Å². The third-order valence-electron chi connectivity index (χ3n) is 3.00. The largest absolute Gasteiger partial charge is 0.312 e. The van der Waals surface area contributed by atoms with Gasteiger partial charge in [0.2, 0.25) is 0 Å². The summed E-state index contributed by atoms with van der Waals surface area (Å²) in [6, 6.07) is 0. The predicted octanol–water partition coefficient (Wildman–Crippen LogP) is 1.70. The fourth-order valence-corrected chi connectivity index (χ4v) is 1.88. The van der Waals surface area contributed by atoms with Gasteiger partial charge >= 0.3 is 0 Å². The smallest absolute Gasteiger partial charge is 0.0543 e. The molecule has 0 aliphatic heterocycles. The highest BCUT2D eigenvalue weighted by Gasteiger charge is 2.13. The van der Waals surface area contributed by atoms with E-state index in [0.29, 0.717) is 0 Å². The van der Waals surface area contributed by atoms with Crippen LogP contribution < -0.4 is 5.32 Å². The van der Waals surface area contributed by atoms with Gasteiger partial charge in [0.1, 0.15) is 0 Å². The van der Waals surface area contributed by atoms with Gasteiger partial charge in [0.25, 0.3) is 0 Å². The molecular formula is C14H23N5. The van der Waals surface area contributed by atoms with Crippen LogP contribution in [0.2, 0.25) is 0 Å². The minimum atomic E-state index is 0.0496. The van der Waals surface area contributed by atoms with Crippen LogP contribution in [0, 0.1) is 0 Å². The summed E-state index contributed by atoms with van der Waals surface area (Å²) < 4.78 is 3.84. The number of hydrogen-bond donors (Lipinski definition) is 1. The van der Waals surface area contributed by atoms with E-state index in [9.17, 15) is 0 Å². The lowest BCUT2D eigenvalue weighted by Gasteiger charge is -2.18. The van der Waals surface area contributed by atoms with Crippen molar-refractivity contribution in [2.75, 3.05) is 6.54 Å². The van der Waals surface area contributed by atoms with Crippen molar-refractivity contribution < 1.29 is 0 Å². The quantitative estimate of drug-likeness (QED) is 0.833. The minimum absolute atomic E-state index is 0.0496. The molecule has 5 heteroatoms. The highest BCUT2D eigenvalue weighted by Crippen LogP contribution is 2.12. The molecular weight excluding hydrogens is 238 g/mol. The number of nitrogens with one attached hydrogen (secondary N) is 1. The van der Waals surface area contributed by atoms with E-state index in [1.54, 1.807) is 0 Å². The van der Waals surface area contributed by atoms with Crippen LogP contribution in [0.3, 0.4) is 0 Å². The van der Waals surface area contributed by atoms with Gasteiger partial charge < -0.3 is 5.32 Å². The molecule has 104 valence electrons. The first-order valence-corrected chi connectivity index (χ1v) is 6.67. The Morgan fingerprint density at radius 3 is 2.42 bits per heavy atom. The molecule has 0 amide bonds. The molecule has 0 fully saturated rings. The second-order valence-electron chi connectivity index (χ2n) is 5.91. The Bertz CT molecular complexity index is 518. The zero-order valence-electron chi connectivity index (χ0n) is 12.2. The lowest BCUT2D eigenvalue weighted by molar-refractivity contribution is 0.355. The fourth-order valence-electron chi connectivity index (χ4n) is 1.88. The summed E-state index contributed by atoms with van der Waals surface area (Å²) in [7, 11) is 1.94. The highest BCUT2D eigenvalue weighted by molar-refractivity contribution is 5.06. The van der Waals surface area contributed by atoms with Gasteiger partial charge in [0, 0.05) is 31.5 Å². The molecule has 2 heterocycles. The van der Waals surface area contributed by atoms with Crippen molar-refractivity contribution in [3.63, 3.8) is 0 Å². The first-order valence-electron chi connectivity index (χ1n) is 6.67. The number of hydrogen-bond acceptors (Lipinski definition) is 3. The molecule has 0 aliphatic rings. The Kier molecular flexibility index (Phi) is 4.04. The first kappa shape index (κ1) is 13.8. The topological polar surface area (TPSA) is 47.7 Å². The Morgan fingerprint density at radius 2 is 1.84 bits per heavy atom. The molecule has 2 rings (SSSR count). The Morgan fingerprint density at radius 1 is 1.11 bits per heavy atom. The summed E-state index contributed by atoms with van der Waals surface area (Å²) in [5.41, 5.74) is 2.54. The maximum atomic E-state index is 4.39. The summed E-state index contributed by atoms with van der Waals surface area (Å²) in [6.45, 7) is 8.27. The second-order valence-corrected chi connectivity index (χ2v) is 5.91. The molecule has 0 saturated carbocycles. The van der Waals surface area contributed by atoms with Gasteiger partial charge in [-0.3, -0.25) is 9.36 Å². The molecule has 0 spiro atoms. The van der Waals surface area contributed by atoms with Gasteiger partial charge in [-0.1, -0.05) is 0 Å². The zero-order chi connectivity index (χ0) is 13.9. The summed E-state index contributed by atoms with van der Waals surface area (Å²) in [5.74, 6) is 0. The van der Waals surface area contributed by atoms with E-state index >= 15 is 0 Å². The van der Waals surface area contributed by atoms with Crippen LogP contribution in [0.4, 0.5) is 0 Å². The van der Waals surface area contributed by atoms with E-state index in [2.05, 4.69) is 48.7 Å². The molecule has 19 heavy (non-hydrogen) atoms. The zero-order valence-corrected chi connectivity index (χ0v) is 12.2. The van der Waals surface area contributed by atoms with Crippen molar-refractivity contribution in [2.24, 2.45) is 7.05 Å². The summed E-state index contributed by atoms with van der Waals surface area (Å²) >= 11 is 0. The van der Waals surface area contributed by atoms with Gasteiger partial charge in [0.15, 0.2) is 0 Å². The summed E-state index contributed by atoms with van der Waals surface area (Å²) in [6.07, 6.45) is 9.01. The third kappa shape index (κ3) is 3.92. The molecule has 0 aromatic carbocycles. The minimum Gasteiger partial charge on any atom is -0.312 e. The Hall–Kier alpha value is -1.62. The van der Waals surface area contributed by atoms with Crippen LogP contribution in [-0.2, 0) is 25.6 Å². The monoisotopic (exact) mass is 261 g/mol. The highest BCUT2D eigenvalue weighted by atomic mass is 15.3. The molecule has 0 unspecified atom stereocenters. The van der Waals surface area contributed by atoms with Crippen LogP contribution >= 0.6 is 0 Å². The van der Waals surface area contributed by atoms with Crippen molar-refractivity contribution in [3.8, 4) is 0 Å². The van der Waals surface area contributed by atoms with E-state index in [0.717, 1.165) is 19.5 Å². The van der Waals surface area contributed by atoms with Gasteiger partial charge in [0.05, 0.1) is 17.9 Å². The van der Waals surface area contributed by atoms with Gasteiger partial charge in [-0.15, -0.1) is 0 Å². The normalized spacial score (nSPS) is 12.0. The van der Waals surface area contributed by atoms with E-state index in [4.69, 9.17) is 0 Å². The first-order chi connectivity index (χ1) is 8.95. The molecule has 0 atom stereocenters. The van der Waals surface area contributed by atoms with Crippen molar-refractivity contribution in [3.05, 3.63) is 35.9 Å². The summed E-state index contributed by atoms with van der Waals surface area (Å²) in [5, 5.41) is 12.0. The van der Waals surface area contributed by atoms with Crippen LogP contribution in [0.5, 0.6) is 0 Å². The number of nitrogens with zero attached hydrogens (tertiary/aromatic N) is 4. The van der Waals surface area contributed by atoms with Gasteiger partial charge in [-0.2, -0.15) is 10.2 Å². The molecule has 0 bridgehead atoms. The average molecular weight is 261 g/mol. The maximum Gasteiger partial charge on any atom is 0.0543 e. The maximum absolute atomic E-state index is 4.39. The number of aromatic nitrogens is 4. The molecule has 0 aliphatic carbocycles. The van der Waals surface area contributed by atoms with Crippen molar-refractivity contribution >= 4 is 0 Å². The Balaban J connectivity index is 1.75. The van der Waals surface area contributed by atoms with Crippen LogP contribution in [0.15, 0.2) is 24.8 Å². The van der Waals surface area contributed by atoms with Crippen LogP contribution in [-0.4, -0.2) is 26.1 Å². The molecule has 0 saturated heterocycles. The molecule has 2 aromatic rings.